The minimum absolute atomic E-state index is 0. The summed E-state index contributed by atoms with van der Waals surface area (Å²) in [7, 11) is 1.83. The Kier molecular flexibility index (Phi) is 9.71. The second kappa shape index (κ2) is 11.0. The van der Waals surface area contributed by atoms with E-state index in [-0.39, 0.29) is 29.5 Å². The zero-order valence-corrected chi connectivity index (χ0v) is 18.5. The van der Waals surface area contributed by atoms with Crippen LogP contribution in [-0.4, -0.2) is 54.6 Å². The normalized spacial score (nSPS) is 16.2. The maximum Gasteiger partial charge on any atom is 0.191 e. The van der Waals surface area contributed by atoms with E-state index in [1.54, 1.807) is 0 Å². The number of pyridine rings is 1. The molecule has 0 radical (unpaired) electrons. The molecule has 0 saturated carbocycles. The van der Waals surface area contributed by atoms with Gasteiger partial charge in [-0.05, 0) is 70.3 Å². The largest absolute Gasteiger partial charge is 0.356 e. The third kappa shape index (κ3) is 7.09. The van der Waals surface area contributed by atoms with E-state index in [1.165, 1.54) is 43.5 Å². The highest BCUT2D eigenvalue weighted by molar-refractivity contribution is 14.0. The molecule has 6 heteroatoms. The predicted molar refractivity (Wildman–Crippen MR) is 117 cm³/mol. The summed E-state index contributed by atoms with van der Waals surface area (Å²) in [5.74, 6) is 0.881. The average molecular weight is 459 g/mol. The number of hydrogen-bond donors (Lipinski definition) is 2. The number of aliphatic imine (C=N–C) groups is 1. The van der Waals surface area contributed by atoms with Gasteiger partial charge in [0.2, 0.25) is 0 Å². The number of nitrogens with one attached hydrogen (secondary N) is 2. The Morgan fingerprint density at radius 1 is 1.24 bits per heavy atom. The van der Waals surface area contributed by atoms with Gasteiger partial charge in [-0.15, -0.1) is 24.0 Å². The lowest BCUT2D eigenvalue weighted by Gasteiger charge is -2.41. The molecule has 142 valence electrons. The van der Waals surface area contributed by atoms with Crippen molar-refractivity contribution in [1.29, 1.82) is 0 Å². The van der Waals surface area contributed by atoms with E-state index in [1.807, 2.05) is 19.4 Å². The Morgan fingerprint density at radius 2 is 1.96 bits per heavy atom. The number of likely N-dealkylation sites (tertiary alicyclic amines) is 1. The summed E-state index contributed by atoms with van der Waals surface area (Å²) >= 11 is 0. The van der Waals surface area contributed by atoms with E-state index in [0.717, 1.165) is 25.5 Å². The van der Waals surface area contributed by atoms with Crippen molar-refractivity contribution < 1.29 is 0 Å². The smallest absolute Gasteiger partial charge is 0.191 e. The third-order valence-electron chi connectivity index (χ3n) is 4.95. The van der Waals surface area contributed by atoms with Crippen LogP contribution in [-0.2, 0) is 6.42 Å². The monoisotopic (exact) mass is 459 g/mol. The quantitative estimate of drug-likeness (QED) is 0.390. The molecule has 0 aromatic carbocycles. The van der Waals surface area contributed by atoms with Gasteiger partial charge in [0, 0.05) is 38.1 Å². The zero-order chi connectivity index (χ0) is 17.4. The van der Waals surface area contributed by atoms with Crippen molar-refractivity contribution in [3.63, 3.8) is 0 Å². The summed E-state index contributed by atoms with van der Waals surface area (Å²) < 4.78 is 0. The molecule has 2 heterocycles. The average Bonchev–Trinajstić information content (AvgIpc) is 2.60. The minimum atomic E-state index is 0. The number of piperidine rings is 1. The van der Waals surface area contributed by atoms with Gasteiger partial charge >= 0.3 is 0 Å². The van der Waals surface area contributed by atoms with Crippen LogP contribution in [0.4, 0.5) is 0 Å². The minimum Gasteiger partial charge on any atom is -0.356 e. The SMILES string of the molecule is CN=C(NCCc1ccncc1C)NCC(C)(C)N1CCCCC1.I. The molecule has 2 N–H and O–H groups in total. The van der Waals surface area contributed by atoms with Gasteiger partial charge in [0.25, 0.3) is 0 Å². The van der Waals surface area contributed by atoms with Crippen molar-refractivity contribution in [3.05, 3.63) is 29.6 Å². The highest BCUT2D eigenvalue weighted by Crippen LogP contribution is 2.19. The van der Waals surface area contributed by atoms with Gasteiger partial charge in [-0.3, -0.25) is 14.9 Å². The standard InChI is InChI=1S/C19H33N5.HI/c1-16-14-21-10-8-17(16)9-11-22-18(20-4)23-15-19(2,3)24-12-6-5-7-13-24;/h8,10,14H,5-7,9,11-13,15H2,1-4H3,(H2,20,22,23);1H. The summed E-state index contributed by atoms with van der Waals surface area (Å²) in [6, 6.07) is 2.09. The second-order valence-corrected chi connectivity index (χ2v) is 7.26. The fourth-order valence-electron chi connectivity index (χ4n) is 3.23. The molecule has 0 amide bonds. The zero-order valence-electron chi connectivity index (χ0n) is 16.1. The molecule has 0 spiro atoms. The van der Waals surface area contributed by atoms with Gasteiger partial charge in [0.1, 0.15) is 0 Å². The molecule has 25 heavy (non-hydrogen) atoms. The van der Waals surface area contributed by atoms with Crippen LogP contribution in [0.3, 0.4) is 0 Å². The van der Waals surface area contributed by atoms with Gasteiger partial charge in [0.05, 0.1) is 0 Å². The highest BCUT2D eigenvalue weighted by Gasteiger charge is 2.27. The van der Waals surface area contributed by atoms with E-state index in [0.29, 0.717) is 0 Å². The third-order valence-corrected chi connectivity index (χ3v) is 4.95. The molecule has 1 fully saturated rings. The van der Waals surface area contributed by atoms with Crippen LogP contribution in [0.5, 0.6) is 0 Å². The maximum atomic E-state index is 4.35. The summed E-state index contributed by atoms with van der Waals surface area (Å²) in [6.45, 7) is 10.9. The van der Waals surface area contributed by atoms with Gasteiger partial charge < -0.3 is 10.6 Å². The molecule has 1 aliphatic rings. The van der Waals surface area contributed by atoms with E-state index in [9.17, 15) is 0 Å². The number of halogens is 1. The molecular weight excluding hydrogens is 425 g/mol. The van der Waals surface area contributed by atoms with Crippen molar-refractivity contribution in [2.75, 3.05) is 33.2 Å². The van der Waals surface area contributed by atoms with Crippen LogP contribution >= 0.6 is 24.0 Å². The first-order valence-corrected chi connectivity index (χ1v) is 9.12. The lowest BCUT2D eigenvalue weighted by molar-refractivity contribution is 0.0982. The number of aromatic nitrogens is 1. The molecule has 0 atom stereocenters. The Balaban J connectivity index is 0.00000312. The van der Waals surface area contributed by atoms with Crippen LogP contribution in [0.25, 0.3) is 0 Å². The maximum absolute atomic E-state index is 4.35. The molecule has 5 nitrogen and oxygen atoms in total. The van der Waals surface area contributed by atoms with Crippen molar-refractivity contribution in [1.82, 2.24) is 20.5 Å². The Labute approximate surface area is 170 Å². The van der Waals surface area contributed by atoms with E-state index in [2.05, 4.69) is 52.3 Å². The number of aryl methyl sites for hydroxylation is 1. The van der Waals surface area contributed by atoms with Gasteiger partial charge in [-0.1, -0.05) is 6.42 Å². The van der Waals surface area contributed by atoms with E-state index in [4.69, 9.17) is 0 Å². The van der Waals surface area contributed by atoms with E-state index < -0.39 is 0 Å². The first-order valence-electron chi connectivity index (χ1n) is 9.12. The molecule has 1 aliphatic heterocycles. The Bertz CT molecular complexity index is 538. The number of guanidine groups is 1. The molecule has 2 rings (SSSR count). The predicted octanol–water partition coefficient (Wildman–Crippen LogP) is 2.98. The number of rotatable bonds is 6. The van der Waals surface area contributed by atoms with Crippen LogP contribution in [0.15, 0.2) is 23.5 Å². The van der Waals surface area contributed by atoms with Crippen LogP contribution in [0.1, 0.15) is 44.2 Å². The number of hydrogen-bond acceptors (Lipinski definition) is 3. The van der Waals surface area contributed by atoms with Crippen molar-refractivity contribution in [3.8, 4) is 0 Å². The van der Waals surface area contributed by atoms with Crippen molar-refractivity contribution in [2.24, 2.45) is 4.99 Å². The lowest BCUT2D eigenvalue weighted by Crippen LogP contribution is -2.55. The summed E-state index contributed by atoms with van der Waals surface area (Å²) in [6.07, 6.45) is 8.77. The van der Waals surface area contributed by atoms with Crippen LogP contribution < -0.4 is 10.6 Å². The van der Waals surface area contributed by atoms with Gasteiger partial charge in [0.15, 0.2) is 5.96 Å². The molecule has 1 aromatic heterocycles. The molecule has 0 unspecified atom stereocenters. The first kappa shape index (κ1) is 22.2. The lowest BCUT2D eigenvalue weighted by atomic mass is 9.98. The topological polar surface area (TPSA) is 52.6 Å². The summed E-state index contributed by atoms with van der Waals surface area (Å²) in [5.41, 5.74) is 2.73. The second-order valence-electron chi connectivity index (χ2n) is 7.26. The van der Waals surface area contributed by atoms with Gasteiger partial charge in [-0.25, -0.2) is 0 Å². The van der Waals surface area contributed by atoms with E-state index >= 15 is 0 Å². The summed E-state index contributed by atoms with van der Waals surface area (Å²) in [5, 5.41) is 6.91. The fourth-order valence-corrected chi connectivity index (χ4v) is 3.23. The molecule has 1 aromatic rings. The van der Waals surface area contributed by atoms with Gasteiger partial charge in [-0.2, -0.15) is 0 Å². The summed E-state index contributed by atoms with van der Waals surface area (Å²) in [4.78, 5) is 11.1. The van der Waals surface area contributed by atoms with Crippen molar-refractivity contribution >= 4 is 29.9 Å². The molecule has 1 saturated heterocycles. The number of nitrogens with zero attached hydrogens (tertiary/aromatic N) is 3. The molecule has 0 bridgehead atoms. The highest BCUT2D eigenvalue weighted by atomic mass is 127. The Morgan fingerprint density at radius 3 is 2.60 bits per heavy atom. The van der Waals surface area contributed by atoms with Crippen LogP contribution in [0.2, 0.25) is 0 Å². The molecular formula is C19H34IN5. The molecule has 0 aliphatic carbocycles. The Hall–Kier alpha value is -0.890. The first-order chi connectivity index (χ1) is 11.5. The van der Waals surface area contributed by atoms with Crippen LogP contribution in [0, 0.1) is 6.92 Å². The fraction of sp³-hybridized carbons (Fsp3) is 0.684. The van der Waals surface area contributed by atoms with Crippen molar-refractivity contribution in [2.45, 2.75) is 52.0 Å².